The van der Waals surface area contributed by atoms with E-state index < -0.39 is 17.4 Å². The second-order valence-electron chi connectivity index (χ2n) is 9.95. The molecule has 0 aliphatic heterocycles. The highest BCUT2D eigenvalue weighted by Gasteiger charge is 2.28. The Hall–Kier alpha value is -4.07. The highest BCUT2D eigenvalue weighted by atomic mass is 16.6. The van der Waals surface area contributed by atoms with Gasteiger partial charge in [0.15, 0.2) is 5.82 Å². The van der Waals surface area contributed by atoms with Crippen LogP contribution in [0.25, 0.3) is 10.8 Å². The van der Waals surface area contributed by atoms with E-state index in [1.165, 1.54) is 5.56 Å². The Morgan fingerprint density at radius 1 is 0.973 bits per heavy atom. The Morgan fingerprint density at radius 2 is 1.73 bits per heavy atom. The summed E-state index contributed by atoms with van der Waals surface area (Å²) < 4.78 is 16.1. The van der Waals surface area contributed by atoms with Gasteiger partial charge in [-0.1, -0.05) is 53.7 Å². The number of nitrogens with zero attached hydrogens (tertiary/aromatic N) is 2. The second-order valence-corrected chi connectivity index (χ2v) is 9.95. The van der Waals surface area contributed by atoms with Gasteiger partial charge in [0.1, 0.15) is 12.4 Å². The zero-order valence-electron chi connectivity index (χ0n) is 21.5. The van der Waals surface area contributed by atoms with Gasteiger partial charge in [0.25, 0.3) is 0 Å². The van der Waals surface area contributed by atoms with Crippen molar-refractivity contribution in [3.8, 4) is 5.75 Å². The van der Waals surface area contributed by atoms with E-state index in [0.717, 1.165) is 34.9 Å². The van der Waals surface area contributed by atoms with Crippen molar-refractivity contribution in [1.82, 2.24) is 15.0 Å². The Morgan fingerprint density at radius 3 is 2.46 bits per heavy atom. The summed E-state index contributed by atoms with van der Waals surface area (Å²) in [5.41, 5.74) is 1.74. The third-order valence-electron chi connectivity index (χ3n) is 6.05. The highest BCUT2D eigenvalue weighted by molar-refractivity contribution is 5.84. The Labute approximate surface area is 216 Å². The molecule has 0 saturated carbocycles. The number of aryl methyl sites for hydroxylation is 1. The largest absolute Gasteiger partial charge is 0.494 e. The predicted molar refractivity (Wildman–Crippen MR) is 142 cm³/mol. The lowest BCUT2D eigenvalue weighted by atomic mass is 10.1. The third-order valence-corrected chi connectivity index (χ3v) is 6.05. The number of aromatic nitrogens is 2. The van der Waals surface area contributed by atoms with Gasteiger partial charge in [-0.25, -0.2) is 9.59 Å². The number of amides is 1. The lowest BCUT2D eigenvalue weighted by Gasteiger charge is -2.34. The lowest BCUT2D eigenvalue weighted by molar-refractivity contribution is 0.0630. The summed E-state index contributed by atoms with van der Waals surface area (Å²) in [6, 6.07) is 22.4. The van der Waals surface area contributed by atoms with Crippen LogP contribution in [0.5, 0.6) is 5.75 Å². The first-order valence-corrected chi connectivity index (χ1v) is 12.5. The number of aromatic amines is 1. The molecule has 4 rings (SSSR count). The highest BCUT2D eigenvalue weighted by Crippen LogP contribution is 2.23. The normalized spacial score (nSPS) is 11.4. The fraction of sp³-hybridized carbons (Fsp3) is 0.345. The van der Waals surface area contributed by atoms with Crippen molar-refractivity contribution < 1.29 is 18.8 Å². The maximum Gasteiger partial charge on any atom is 0.438 e. The maximum absolute atomic E-state index is 12.9. The number of rotatable bonds is 10. The molecular formula is C29H33N3O5. The predicted octanol–water partition coefficient (Wildman–Crippen LogP) is 5.51. The zero-order chi connectivity index (χ0) is 26.3. The van der Waals surface area contributed by atoms with Crippen LogP contribution in [0.3, 0.4) is 0 Å². The van der Waals surface area contributed by atoms with Gasteiger partial charge < -0.3 is 14.4 Å². The fourth-order valence-corrected chi connectivity index (χ4v) is 4.07. The molecule has 1 amide bonds. The van der Waals surface area contributed by atoms with Gasteiger partial charge in [-0.15, -0.1) is 0 Å². The summed E-state index contributed by atoms with van der Waals surface area (Å²) >= 11 is 0. The second kappa shape index (κ2) is 11.8. The molecule has 0 saturated heterocycles. The van der Waals surface area contributed by atoms with E-state index in [1.807, 2.05) is 63.2 Å². The third kappa shape index (κ3) is 7.46. The molecule has 194 valence electrons. The summed E-state index contributed by atoms with van der Waals surface area (Å²) in [6.45, 7) is 6.92. The summed E-state index contributed by atoms with van der Waals surface area (Å²) in [5, 5.41) is 5.77. The molecular weight excluding hydrogens is 470 g/mol. The summed E-state index contributed by atoms with van der Waals surface area (Å²) in [7, 11) is 0. The number of ether oxygens (including phenoxy) is 2. The number of carbonyl (C=O) groups is 1. The van der Waals surface area contributed by atoms with Gasteiger partial charge in [-0.2, -0.15) is 0 Å². The average Bonchev–Trinajstić information content (AvgIpc) is 3.30. The number of nitrogens with one attached hydrogen (secondary N) is 1. The Kier molecular flexibility index (Phi) is 8.28. The first-order chi connectivity index (χ1) is 17.8. The van der Waals surface area contributed by atoms with Crippen LogP contribution in [0.15, 0.2) is 76.0 Å². The smallest absolute Gasteiger partial charge is 0.438 e. The minimum absolute atomic E-state index is 0.153. The van der Waals surface area contributed by atoms with Gasteiger partial charge >= 0.3 is 11.8 Å². The van der Waals surface area contributed by atoms with E-state index in [2.05, 4.69) is 38.9 Å². The van der Waals surface area contributed by atoms with Gasteiger partial charge in [-0.3, -0.25) is 9.51 Å². The molecule has 0 aliphatic carbocycles. The molecule has 3 aromatic carbocycles. The Balaban J connectivity index is 1.30. The zero-order valence-corrected chi connectivity index (χ0v) is 21.5. The SMILES string of the molecule is CC(C)(C)N(CCc1noc(=O)[nH]1)C(=O)OCc1ccc2cc(OCCCc3ccccc3)ccc2c1. The molecule has 1 aromatic heterocycles. The molecule has 0 radical (unpaired) electrons. The summed E-state index contributed by atoms with van der Waals surface area (Å²) in [4.78, 5) is 28.1. The molecule has 1 heterocycles. The van der Waals surface area contributed by atoms with E-state index in [9.17, 15) is 9.59 Å². The molecule has 4 aromatic rings. The molecule has 0 spiro atoms. The first-order valence-electron chi connectivity index (χ1n) is 12.5. The molecule has 0 fully saturated rings. The van der Waals surface area contributed by atoms with Crippen LogP contribution in [-0.2, 0) is 24.2 Å². The van der Waals surface area contributed by atoms with Crippen molar-refractivity contribution in [2.75, 3.05) is 13.2 Å². The standard InChI is InChI=1S/C29H33N3O5/c1-29(2,3)32(16-15-26-30-27(33)37-31-26)28(34)36-20-22-11-12-24-19-25(14-13-23(24)18-22)35-17-7-10-21-8-5-4-6-9-21/h4-6,8-9,11-14,18-19H,7,10,15-17,20H2,1-3H3,(H,30,31,33). The van der Waals surface area contributed by atoms with E-state index in [0.29, 0.717) is 25.4 Å². The van der Waals surface area contributed by atoms with Crippen LogP contribution in [0.4, 0.5) is 4.79 Å². The quantitative estimate of drug-likeness (QED) is 0.287. The van der Waals surface area contributed by atoms with E-state index >= 15 is 0 Å². The van der Waals surface area contributed by atoms with Crippen LogP contribution >= 0.6 is 0 Å². The van der Waals surface area contributed by atoms with Crippen molar-refractivity contribution in [2.45, 2.75) is 52.2 Å². The van der Waals surface area contributed by atoms with Crippen molar-refractivity contribution in [2.24, 2.45) is 0 Å². The number of hydrogen-bond acceptors (Lipinski definition) is 6. The first kappa shape index (κ1) is 26.0. The van der Waals surface area contributed by atoms with Gasteiger partial charge in [0.05, 0.1) is 6.61 Å². The molecule has 1 N–H and O–H groups in total. The minimum Gasteiger partial charge on any atom is -0.494 e. The van der Waals surface area contributed by atoms with Crippen LogP contribution < -0.4 is 10.5 Å². The number of H-pyrrole nitrogens is 1. The van der Waals surface area contributed by atoms with E-state index in [-0.39, 0.29) is 6.61 Å². The summed E-state index contributed by atoms with van der Waals surface area (Å²) in [5.74, 6) is 0.619. The van der Waals surface area contributed by atoms with Crippen LogP contribution in [0.1, 0.15) is 44.1 Å². The number of carbonyl (C=O) groups excluding carboxylic acids is 1. The van der Waals surface area contributed by atoms with Crippen molar-refractivity contribution >= 4 is 16.9 Å². The van der Waals surface area contributed by atoms with E-state index in [1.54, 1.807) is 4.90 Å². The van der Waals surface area contributed by atoms with Crippen LogP contribution in [-0.4, -0.2) is 39.8 Å². The van der Waals surface area contributed by atoms with Crippen molar-refractivity contribution in [3.05, 3.63) is 94.2 Å². The molecule has 0 unspecified atom stereocenters. The molecule has 8 nitrogen and oxygen atoms in total. The molecule has 0 atom stereocenters. The Bertz CT molecular complexity index is 1370. The van der Waals surface area contributed by atoms with Crippen LogP contribution in [0.2, 0.25) is 0 Å². The monoisotopic (exact) mass is 503 g/mol. The fourth-order valence-electron chi connectivity index (χ4n) is 4.07. The topological polar surface area (TPSA) is 97.7 Å². The molecule has 0 bridgehead atoms. The molecule has 8 heteroatoms. The van der Waals surface area contributed by atoms with Crippen LogP contribution in [0, 0.1) is 0 Å². The lowest BCUT2D eigenvalue weighted by Crippen LogP contribution is -2.47. The van der Waals surface area contributed by atoms with Crippen molar-refractivity contribution in [1.29, 1.82) is 0 Å². The van der Waals surface area contributed by atoms with Gasteiger partial charge in [0, 0.05) is 18.5 Å². The van der Waals surface area contributed by atoms with Crippen molar-refractivity contribution in [3.63, 3.8) is 0 Å². The number of benzene rings is 3. The summed E-state index contributed by atoms with van der Waals surface area (Å²) in [6.07, 6.45) is 1.86. The van der Waals surface area contributed by atoms with Gasteiger partial charge in [-0.05, 0) is 73.7 Å². The molecule has 37 heavy (non-hydrogen) atoms. The minimum atomic E-state index is -0.613. The van der Waals surface area contributed by atoms with Gasteiger partial charge in [0.2, 0.25) is 0 Å². The number of fused-ring (bicyclic) bond motifs is 1. The maximum atomic E-state index is 12.9. The average molecular weight is 504 g/mol. The molecule has 0 aliphatic rings. The van der Waals surface area contributed by atoms with E-state index in [4.69, 9.17) is 9.47 Å². The number of hydrogen-bond donors (Lipinski definition) is 1.